The van der Waals surface area contributed by atoms with Gasteiger partial charge in [-0.05, 0) is 75.4 Å². The van der Waals surface area contributed by atoms with Gasteiger partial charge in [-0.2, -0.15) is 4.98 Å². The van der Waals surface area contributed by atoms with Crippen LogP contribution in [-0.4, -0.2) is 53.2 Å². The summed E-state index contributed by atoms with van der Waals surface area (Å²) in [5.41, 5.74) is 3.18. The van der Waals surface area contributed by atoms with Crippen molar-refractivity contribution in [2.24, 2.45) is 5.92 Å². The van der Waals surface area contributed by atoms with Gasteiger partial charge in [-0.3, -0.25) is 0 Å². The minimum absolute atomic E-state index is 0.445. The Hall–Kier alpha value is -3.19. The summed E-state index contributed by atoms with van der Waals surface area (Å²) in [6.45, 7) is 2.14. The van der Waals surface area contributed by atoms with E-state index in [0.717, 1.165) is 71.4 Å². The molecule has 1 saturated carbocycles. The maximum absolute atomic E-state index is 4.81. The first-order valence-corrected chi connectivity index (χ1v) is 12.5. The van der Waals surface area contributed by atoms with Gasteiger partial charge < -0.3 is 20.5 Å². The van der Waals surface area contributed by atoms with Gasteiger partial charge in [-0.1, -0.05) is 24.3 Å². The molecule has 0 spiro atoms. The summed E-state index contributed by atoms with van der Waals surface area (Å²) in [5.74, 6) is 3.55. The third kappa shape index (κ3) is 5.30. The van der Waals surface area contributed by atoms with Crippen molar-refractivity contribution in [2.75, 3.05) is 37.4 Å². The quantitative estimate of drug-likeness (QED) is 0.314. The first kappa shape index (κ1) is 22.6. The van der Waals surface area contributed by atoms with E-state index in [2.05, 4.69) is 49.8 Å². The standard InChI is InChI=1S/C27H35N7/c1-34(2)26-21-8-3-4-9-22(21)32-27(33-26)29-20-15-13-19(14-16-20)18-28-17-7-12-25-30-23-10-5-6-11-24(23)31-25/h3-6,8-11,19-20,28H,7,12-18H2,1-2H3,(H,30,31)(H,29,32,33). The number of imidazole rings is 1. The van der Waals surface area contributed by atoms with E-state index in [4.69, 9.17) is 9.97 Å². The molecular formula is C27H35N7. The molecule has 1 aliphatic carbocycles. The Kier molecular flexibility index (Phi) is 6.90. The smallest absolute Gasteiger partial charge is 0.225 e. The van der Waals surface area contributed by atoms with Crippen LogP contribution in [0.4, 0.5) is 11.8 Å². The summed E-state index contributed by atoms with van der Waals surface area (Å²) in [6, 6.07) is 16.9. The summed E-state index contributed by atoms with van der Waals surface area (Å²) in [5, 5.41) is 8.38. The van der Waals surface area contributed by atoms with Crippen molar-refractivity contribution in [3.8, 4) is 0 Å². The molecule has 34 heavy (non-hydrogen) atoms. The predicted molar refractivity (Wildman–Crippen MR) is 141 cm³/mol. The molecular weight excluding hydrogens is 422 g/mol. The maximum atomic E-state index is 4.81. The molecule has 0 aliphatic heterocycles. The molecule has 2 aromatic heterocycles. The number of fused-ring (bicyclic) bond motifs is 2. The van der Waals surface area contributed by atoms with E-state index in [1.807, 2.05) is 38.4 Å². The molecule has 1 fully saturated rings. The Balaban J connectivity index is 1.05. The molecule has 0 atom stereocenters. The van der Waals surface area contributed by atoms with Gasteiger partial charge in [0.05, 0.1) is 16.6 Å². The second-order valence-corrected chi connectivity index (χ2v) is 9.65. The Morgan fingerprint density at radius 1 is 0.912 bits per heavy atom. The van der Waals surface area contributed by atoms with Gasteiger partial charge in [0.1, 0.15) is 11.6 Å². The van der Waals surface area contributed by atoms with Crippen LogP contribution < -0.4 is 15.5 Å². The molecule has 0 saturated heterocycles. The van der Waals surface area contributed by atoms with Crippen molar-refractivity contribution in [3.63, 3.8) is 0 Å². The van der Waals surface area contributed by atoms with Gasteiger partial charge in [-0.25, -0.2) is 9.97 Å². The van der Waals surface area contributed by atoms with Crippen molar-refractivity contribution in [2.45, 2.75) is 44.6 Å². The number of aromatic amines is 1. The molecule has 7 nitrogen and oxygen atoms in total. The number of nitrogens with zero attached hydrogens (tertiary/aromatic N) is 4. The zero-order valence-electron chi connectivity index (χ0n) is 20.2. The molecule has 0 bridgehead atoms. The molecule has 178 valence electrons. The van der Waals surface area contributed by atoms with E-state index in [9.17, 15) is 0 Å². The van der Waals surface area contributed by atoms with Crippen molar-refractivity contribution in [3.05, 3.63) is 54.4 Å². The van der Waals surface area contributed by atoms with E-state index >= 15 is 0 Å². The molecule has 2 aromatic carbocycles. The van der Waals surface area contributed by atoms with E-state index in [-0.39, 0.29) is 0 Å². The number of benzene rings is 2. The van der Waals surface area contributed by atoms with E-state index in [1.165, 1.54) is 25.7 Å². The van der Waals surface area contributed by atoms with E-state index in [0.29, 0.717) is 6.04 Å². The third-order valence-corrected chi connectivity index (χ3v) is 6.83. The average molecular weight is 458 g/mol. The number of aromatic nitrogens is 4. The summed E-state index contributed by atoms with van der Waals surface area (Å²) in [4.78, 5) is 19.7. The lowest BCUT2D eigenvalue weighted by atomic mass is 9.86. The Labute approximate surface area is 201 Å². The molecule has 0 radical (unpaired) electrons. The van der Waals surface area contributed by atoms with Crippen LogP contribution in [-0.2, 0) is 6.42 Å². The van der Waals surface area contributed by atoms with Crippen LogP contribution >= 0.6 is 0 Å². The number of aryl methyl sites for hydroxylation is 1. The van der Waals surface area contributed by atoms with Crippen molar-refractivity contribution in [1.82, 2.24) is 25.3 Å². The molecule has 4 aromatic rings. The predicted octanol–water partition coefficient (Wildman–Crippen LogP) is 4.77. The van der Waals surface area contributed by atoms with Crippen molar-refractivity contribution in [1.29, 1.82) is 0 Å². The average Bonchev–Trinajstić information content (AvgIpc) is 3.27. The molecule has 3 N–H and O–H groups in total. The van der Waals surface area contributed by atoms with Crippen LogP contribution in [0.2, 0.25) is 0 Å². The van der Waals surface area contributed by atoms with Crippen LogP contribution in [0, 0.1) is 5.92 Å². The SMILES string of the molecule is CN(C)c1nc(NC2CCC(CNCCCc3nc4ccccc4[nH]3)CC2)nc2ccccc12. The maximum Gasteiger partial charge on any atom is 0.225 e. The minimum atomic E-state index is 0.445. The highest BCUT2D eigenvalue weighted by Crippen LogP contribution is 2.28. The molecule has 0 unspecified atom stereocenters. The van der Waals surface area contributed by atoms with Gasteiger partial charge in [0, 0.05) is 31.9 Å². The number of hydrogen-bond donors (Lipinski definition) is 3. The van der Waals surface area contributed by atoms with Crippen LogP contribution in [0.1, 0.15) is 37.9 Å². The number of hydrogen-bond acceptors (Lipinski definition) is 6. The van der Waals surface area contributed by atoms with Gasteiger partial charge in [0.2, 0.25) is 5.95 Å². The summed E-state index contributed by atoms with van der Waals surface area (Å²) in [7, 11) is 4.07. The van der Waals surface area contributed by atoms with Crippen LogP contribution in [0.25, 0.3) is 21.9 Å². The van der Waals surface area contributed by atoms with Gasteiger partial charge in [0.25, 0.3) is 0 Å². The highest BCUT2D eigenvalue weighted by Gasteiger charge is 2.22. The number of rotatable bonds is 9. The van der Waals surface area contributed by atoms with Gasteiger partial charge in [0.15, 0.2) is 0 Å². The highest BCUT2D eigenvalue weighted by atomic mass is 15.2. The molecule has 7 heteroatoms. The van der Waals surface area contributed by atoms with Crippen LogP contribution in [0.3, 0.4) is 0 Å². The van der Waals surface area contributed by atoms with Crippen LogP contribution in [0.5, 0.6) is 0 Å². The fraction of sp³-hybridized carbons (Fsp3) is 0.444. The first-order chi connectivity index (χ1) is 16.7. The molecule has 0 amide bonds. The van der Waals surface area contributed by atoms with E-state index < -0.39 is 0 Å². The van der Waals surface area contributed by atoms with Gasteiger partial charge in [-0.15, -0.1) is 0 Å². The van der Waals surface area contributed by atoms with Crippen molar-refractivity contribution >= 4 is 33.7 Å². The second kappa shape index (κ2) is 10.4. The summed E-state index contributed by atoms with van der Waals surface area (Å²) < 4.78 is 0. The number of para-hydroxylation sites is 3. The number of anilines is 2. The second-order valence-electron chi connectivity index (χ2n) is 9.65. The zero-order chi connectivity index (χ0) is 23.3. The van der Waals surface area contributed by atoms with Crippen LogP contribution in [0.15, 0.2) is 48.5 Å². The summed E-state index contributed by atoms with van der Waals surface area (Å²) >= 11 is 0. The Morgan fingerprint density at radius 3 is 2.47 bits per heavy atom. The minimum Gasteiger partial charge on any atom is -0.362 e. The fourth-order valence-electron chi connectivity index (χ4n) is 4.97. The van der Waals surface area contributed by atoms with E-state index in [1.54, 1.807) is 0 Å². The lowest BCUT2D eigenvalue weighted by Crippen LogP contribution is -2.32. The third-order valence-electron chi connectivity index (χ3n) is 6.83. The first-order valence-electron chi connectivity index (χ1n) is 12.5. The Bertz CT molecular complexity index is 1190. The molecule has 5 rings (SSSR count). The molecule has 2 heterocycles. The highest BCUT2D eigenvalue weighted by molar-refractivity contribution is 5.90. The summed E-state index contributed by atoms with van der Waals surface area (Å²) in [6.07, 6.45) is 6.89. The topological polar surface area (TPSA) is 81.8 Å². The zero-order valence-corrected chi connectivity index (χ0v) is 20.2. The van der Waals surface area contributed by atoms with Crippen molar-refractivity contribution < 1.29 is 0 Å². The lowest BCUT2D eigenvalue weighted by Gasteiger charge is -2.29. The largest absolute Gasteiger partial charge is 0.362 e. The normalized spacial score (nSPS) is 18.4. The monoisotopic (exact) mass is 457 g/mol. The molecule has 1 aliphatic rings. The fourth-order valence-corrected chi connectivity index (χ4v) is 4.97. The Morgan fingerprint density at radius 2 is 1.68 bits per heavy atom. The number of H-pyrrole nitrogens is 1. The lowest BCUT2D eigenvalue weighted by molar-refractivity contribution is 0.324. The number of nitrogens with one attached hydrogen (secondary N) is 3. The van der Waals surface area contributed by atoms with Gasteiger partial charge >= 0.3 is 0 Å².